The van der Waals surface area contributed by atoms with E-state index in [1.54, 1.807) is 13.1 Å². The lowest BCUT2D eigenvalue weighted by atomic mass is 10.1. The zero-order valence-corrected chi connectivity index (χ0v) is 21.4. The highest BCUT2D eigenvalue weighted by atomic mass is 32.1. The molecule has 2 fully saturated rings. The largest absolute Gasteiger partial charge is 0.411 e. The first kappa shape index (κ1) is 26.9. The second kappa shape index (κ2) is 10.8. The first-order chi connectivity index (χ1) is 18.1. The summed E-state index contributed by atoms with van der Waals surface area (Å²) in [7, 11) is 0. The average molecular weight is 555 g/mol. The molecule has 0 bridgehead atoms. The number of nitrogens with one attached hydrogen (secondary N) is 2. The van der Waals surface area contributed by atoms with Crippen LogP contribution in [0, 0.1) is 12.8 Å². The summed E-state index contributed by atoms with van der Waals surface area (Å²) < 4.78 is 42.6. The van der Waals surface area contributed by atoms with Crippen LogP contribution >= 0.6 is 11.3 Å². The third-order valence-electron chi connectivity index (χ3n) is 6.76. The molecule has 2 saturated carbocycles. The van der Waals surface area contributed by atoms with Crippen molar-refractivity contribution in [3.05, 3.63) is 23.7 Å². The summed E-state index contributed by atoms with van der Waals surface area (Å²) in [6, 6.07) is 1.31. The van der Waals surface area contributed by atoms with Crippen LogP contribution in [-0.4, -0.2) is 86.0 Å². The Kier molecular flexibility index (Phi) is 7.69. The van der Waals surface area contributed by atoms with Gasteiger partial charge in [0.2, 0.25) is 5.95 Å². The molecule has 14 heteroatoms. The fourth-order valence-electron chi connectivity index (χ4n) is 4.70. The molecule has 4 atom stereocenters. The van der Waals surface area contributed by atoms with Crippen molar-refractivity contribution in [3.63, 3.8) is 0 Å². The number of pyridine rings is 1. The van der Waals surface area contributed by atoms with Gasteiger partial charge in [0.15, 0.2) is 0 Å². The highest BCUT2D eigenvalue weighted by Crippen LogP contribution is 2.44. The molecule has 10 nitrogen and oxygen atoms in total. The summed E-state index contributed by atoms with van der Waals surface area (Å²) in [4.78, 5) is 18.5. The number of aromatic nitrogens is 4. The fourth-order valence-corrected chi connectivity index (χ4v) is 5.76. The normalized spacial score (nSPS) is 23.8. The van der Waals surface area contributed by atoms with Crippen LogP contribution in [0.2, 0.25) is 0 Å². The SMILES string of the molecule is Cc1nc(NCCOCC(F)(F)F)nc(N[C@@H]2C[C@H](CO)[C@@H](O)[C@H]2O)c1-c1nc2c(C3CC3)nccc2s1. The molecule has 0 aliphatic heterocycles. The maximum Gasteiger partial charge on any atom is 0.411 e. The van der Waals surface area contributed by atoms with E-state index in [4.69, 9.17) is 4.98 Å². The van der Waals surface area contributed by atoms with Gasteiger partial charge in [-0.15, -0.1) is 11.3 Å². The van der Waals surface area contributed by atoms with Gasteiger partial charge in [0.05, 0.1) is 40.4 Å². The number of rotatable bonds is 10. The smallest absolute Gasteiger partial charge is 0.396 e. The summed E-state index contributed by atoms with van der Waals surface area (Å²) in [6.45, 7) is 0.00140. The molecule has 0 radical (unpaired) electrons. The second-order valence-corrected chi connectivity index (χ2v) is 10.7. The van der Waals surface area contributed by atoms with Gasteiger partial charge in [-0.25, -0.2) is 9.97 Å². The molecule has 206 valence electrons. The van der Waals surface area contributed by atoms with E-state index in [-0.39, 0.29) is 25.7 Å². The van der Waals surface area contributed by atoms with Crippen molar-refractivity contribution in [3.8, 4) is 10.6 Å². The number of hydrogen-bond acceptors (Lipinski definition) is 11. The highest BCUT2D eigenvalue weighted by Gasteiger charge is 2.41. The molecule has 2 aliphatic rings. The Morgan fingerprint density at radius 1 is 1.16 bits per heavy atom. The number of aryl methyl sites for hydroxylation is 1. The lowest BCUT2D eigenvalue weighted by molar-refractivity contribution is -0.172. The van der Waals surface area contributed by atoms with Crippen molar-refractivity contribution in [2.45, 2.75) is 56.5 Å². The van der Waals surface area contributed by atoms with Crippen molar-refractivity contribution in [2.24, 2.45) is 5.92 Å². The van der Waals surface area contributed by atoms with Crippen LogP contribution in [0.25, 0.3) is 20.8 Å². The summed E-state index contributed by atoms with van der Waals surface area (Å²) in [6.07, 6.45) is -2.39. The van der Waals surface area contributed by atoms with E-state index in [0.717, 1.165) is 28.8 Å². The van der Waals surface area contributed by atoms with Crippen LogP contribution in [0.4, 0.5) is 24.9 Å². The summed E-state index contributed by atoms with van der Waals surface area (Å²) in [5.74, 6) is 0.427. The quantitative estimate of drug-likeness (QED) is 0.237. The first-order valence-electron chi connectivity index (χ1n) is 12.4. The van der Waals surface area contributed by atoms with Crippen LogP contribution in [-0.2, 0) is 4.74 Å². The highest BCUT2D eigenvalue weighted by molar-refractivity contribution is 7.21. The molecular weight excluding hydrogens is 525 g/mol. The Morgan fingerprint density at radius 2 is 1.95 bits per heavy atom. The van der Waals surface area contributed by atoms with Crippen molar-refractivity contribution in [1.29, 1.82) is 0 Å². The van der Waals surface area contributed by atoms with Crippen LogP contribution < -0.4 is 10.6 Å². The fraction of sp³-hybridized carbons (Fsp3) is 0.583. The van der Waals surface area contributed by atoms with Crippen LogP contribution in [0.1, 0.15) is 36.6 Å². The van der Waals surface area contributed by atoms with Crippen molar-refractivity contribution in [1.82, 2.24) is 19.9 Å². The Hall–Kier alpha value is -2.65. The zero-order chi connectivity index (χ0) is 27.0. The maximum absolute atomic E-state index is 12.3. The molecule has 0 saturated heterocycles. The number of alkyl halides is 3. The predicted octanol–water partition coefficient (Wildman–Crippen LogP) is 2.84. The number of nitrogens with zero attached hydrogens (tertiary/aromatic N) is 4. The number of halogens is 3. The van der Waals surface area contributed by atoms with E-state index in [1.807, 2.05) is 6.07 Å². The lowest BCUT2D eigenvalue weighted by Crippen LogP contribution is -2.35. The molecule has 3 aromatic rings. The molecule has 0 spiro atoms. The third-order valence-corrected chi connectivity index (χ3v) is 7.80. The Morgan fingerprint density at radius 3 is 2.63 bits per heavy atom. The minimum atomic E-state index is -4.41. The number of thiazole rings is 1. The minimum absolute atomic E-state index is 0.0449. The van der Waals surface area contributed by atoms with E-state index < -0.39 is 37.0 Å². The summed E-state index contributed by atoms with van der Waals surface area (Å²) >= 11 is 1.47. The van der Waals surface area contributed by atoms with E-state index in [9.17, 15) is 28.5 Å². The summed E-state index contributed by atoms with van der Waals surface area (Å²) in [5, 5.41) is 37.2. The molecule has 3 aromatic heterocycles. The number of aliphatic hydroxyl groups excluding tert-OH is 3. The van der Waals surface area contributed by atoms with Crippen LogP contribution in [0.5, 0.6) is 0 Å². The number of ether oxygens (including phenoxy) is 1. The van der Waals surface area contributed by atoms with E-state index in [2.05, 4.69) is 30.3 Å². The van der Waals surface area contributed by atoms with Crippen molar-refractivity contribution >= 4 is 33.3 Å². The minimum Gasteiger partial charge on any atom is -0.396 e. The molecular formula is C24H29F3N6O4S. The number of anilines is 2. The number of hydrogen-bond donors (Lipinski definition) is 5. The van der Waals surface area contributed by atoms with Crippen molar-refractivity contribution in [2.75, 3.05) is 37.0 Å². The van der Waals surface area contributed by atoms with Gasteiger partial charge >= 0.3 is 6.18 Å². The van der Waals surface area contributed by atoms with Gasteiger partial charge in [-0.1, -0.05) is 0 Å². The molecule has 0 unspecified atom stereocenters. The summed E-state index contributed by atoms with van der Waals surface area (Å²) in [5.41, 5.74) is 2.98. The second-order valence-electron chi connectivity index (χ2n) is 9.70. The molecule has 0 aromatic carbocycles. The molecule has 5 N–H and O–H groups in total. The van der Waals surface area contributed by atoms with Gasteiger partial charge in [0.1, 0.15) is 29.1 Å². The average Bonchev–Trinajstić information content (AvgIpc) is 3.56. The molecule has 0 amide bonds. The Balaban J connectivity index is 1.45. The van der Waals surface area contributed by atoms with Gasteiger partial charge in [0.25, 0.3) is 0 Å². The van der Waals surface area contributed by atoms with Gasteiger partial charge in [-0.3, -0.25) is 4.98 Å². The zero-order valence-electron chi connectivity index (χ0n) is 20.6. The molecule has 5 rings (SSSR count). The molecule has 38 heavy (non-hydrogen) atoms. The topological polar surface area (TPSA) is 146 Å². The van der Waals surface area contributed by atoms with Gasteiger partial charge in [-0.05, 0) is 32.3 Å². The Bertz CT molecular complexity index is 1290. The number of fused-ring (bicyclic) bond motifs is 1. The maximum atomic E-state index is 12.3. The van der Waals surface area contributed by atoms with E-state index in [1.165, 1.54) is 11.3 Å². The van der Waals surface area contributed by atoms with E-state index in [0.29, 0.717) is 34.4 Å². The third kappa shape index (κ3) is 5.83. The first-order valence-corrected chi connectivity index (χ1v) is 13.2. The monoisotopic (exact) mass is 554 g/mol. The van der Waals surface area contributed by atoms with Gasteiger partial charge < -0.3 is 30.7 Å². The van der Waals surface area contributed by atoms with Gasteiger partial charge in [-0.2, -0.15) is 18.2 Å². The Labute approximate surface area is 220 Å². The van der Waals surface area contributed by atoms with Crippen LogP contribution in [0.3, 0.4) is 0 Å². The van der Waals surface area contributed by atoms with Gasteiger partial charge in [0, 0.05) is 31.2 Å². The molecule has 2 aliphatic carbocycles. The standard InChI is InChI=1S/C24H29F3N6O4S/c1-11-16(22-32-18-15(38-22)4-5-28-17(18)12-2-3-12)21(31-14-8-13(9-34)19(35)20(14)36)33-23(30-11)29-6-7-37-10-24(25,26)27/h4-5,12-14,19-20,34-36H,2-3,6-10H2,1H3,(H2,29,30,31,33)/t13-,14-,19-,20+/m1/s1. The lowest BCUT2D eigenvalue weighted by Gasteiger charge is -2.21. The van der Waals surface area contributed by atoms with Crippen LogP contribution in [0.15, 0.2) is 12.3 Å². The van der Waals surface area contributed by atoms with E-state index >= 15 is 0 Å². The van der Waals surface area contributed by atoms with Crippen molar-refractivity contribution < 1.29 is 33.2 Å². The number of aliphatic hydroxyl groups is 3. The predicted molar refractivity (Wildman–Crippen MR) is 135 cm³/mol. The molecule has 3 heterocycles.